The van der Waals surface area contributed by atoms with Crippen LogP contribution in [0.3, 0.4) is 0 Å². The maximum absolute atomic E-state index is 12.5. The topological polar surface area (TPSA) is 55.1 Å². The van der Waals surface area contributed by atoms with Crippen LogP contribution in [0.25, 0.3) is 11.5 Å². The predicted octanol–water partition coefficient (Wildman–Crippen LogP) is 6.81. The van der Waals surface area contributed by atoms with Crippen LogP contribution < -0.4 is 5.32 Å². The molecule has 31 heavy (non-hydrogen) atoms. The van der Waals surface area contributed by atoms with Crippen molar-refractivity contribution in [3.8, 4) is 11.5 Å². The highest BCUT2D eigenvalue weighted by Gasteiger charge is 2.13. The Bertz CT molecular complexity index is 1180. The number of amides is 1. The Morgan fingerprint density at radius 3 is 2.13 bits per heavy atom. The maximum atomic E-state index is 12.5. The zero-order valence-electron chi connectivity index (χ0n) is 17.8. The minimum Gasteiger partial charge on any atom is -0.441 e. The Hall–Kier alpha value is -3.31. The lowest BCUT2D eigenvalue weighted by Gasteiger charge is -2.06. The lowest BCUT2D eigenvalue weighted by Crippen LogP contribution is -2.11. The van der Waals surface area contributed by atoms with Crippen LogP contribution in [0.4, 0.5) is 5.69 Å². The predicted molar refractivity (Wildman–Crippen MR) is 127 cm³/mol. The van der Waals surface area contributed by atoms with E-state index in [-0.39, 0.29) is 5.91 Å². The number of carbonyl (C=O) groups is 1. The molecule has 4 nitrogen and oxygen atoms in total. The van der Waals surface area contributed by atoms with Crippen molar-refractivity contribution in [2.45, 2.75) is 31.4 Å². The van der Waals surface area contributed by atoms with Gasteiger partial charge in [0, 0.05) is 27.5 Å². The first-order valence-electron chi connectivity index (χ1n) is 10.1. The smallest absolute Gasteiger partial charge is 0.255 e. The van der Waals surface area contributed by atoms with E-state index in [0.717, 1.165) is 34.0 Å². The Labute approximate surface area is 186 Å². The van der Waals surface area contributed by atoms with E-state index in [2.05, 4.69) is 41.5 Å². The number of anilines is 1. The number of nitrogens with zero attached hydrogens (tertiary/aromatic N) is 1. The van der Waals surface area contributed by atoms with E-state index in [4.69, 9.17) is 4.42 Å². The molecule has 1 heterocycles. The average molecular weight is 429 g/mol. The first kappa shape index (κ1) is 20.9. The molecule has 4 aromatic rings. The minimum atomic E-state index is -0.144. The molecule has 0 fully saturated rings. The van der Waals surface area contributed by atoms with E-state index >= 15 is 0 Å². The summed E-state index contributed by atoms with van der Waals surface area (Å²) in [5.41, 5.74) is 5.55. The zero-order chi connectivity index (χ0) is 21.8. The maximum Gasteiger partial charge on any atom is 0.255 e. The number of aromatic nitrogens is 1. The summed E-state index contributed by atoms with van der Waals surface area (Å²) in [4.78, 5) is 18.4. The van der Waals surface area contributed by atoms with Crippen LogP contribution in [0.5, 0.6) is 0 Å². The van der Waals surface area contributed by atoms with Gasteiger partial charge in [-0.25, -0.2) is 4.98 Å². The van der Waals surface area contributed by atoms with Crippen LogP contribution in [0, 0.1) is 20.8 Å². The summed E-state index contributed by atoms with van der Waals surface area (Å²) in [6, 6.07) is 23.5. The molecule has 0 unspecified atom stereocenters. The molecule has 0 bridgehead atoms. The van der Waals surface area contributed by atoms with Crippen molar-refractivity contribution < 1.29 is 9.21 Å². The number of hydrogen-bond donors (Lipinski definition) is 1. The molecule has 0 saturated heterocycles. The second kappa shape index (κ2) is 9.23. The molecule has 1 aromatic heterocycles. The second-order valence-electron chi connectivity index (χ2n) is 7.52. The van der Waals surface area contributed by atoms with Gasteiger partial charge in [-0.15, -0.1) is 11.8 Å². The molecule has 156 valence electrons. The van der Waals surface area contributed by atoms with Crippen molar-refractivity contribution in [1.29, 1.82) is 0 Å². The summed E-state index contributed by atoms with van der Waals surface area (Å²) in [5.74, 6) is 1.99. The Balaban J connectivity index is 1.42. The lowest BCUT2D eigenvalue weighted by atomic mass is 10.1. The number of thioether (sulfide) groups is 1. The van der Waals surface area contributed by atoms with E-state index in [9.17, 15) is 4.79 Å². The number of hydrogen-bond acceptors (Lipinski definition) is 4. The summed E-state index contributed by atoms with van der Waals surface area (Å²) in [7, 11) is 0. The Kier molecular flexibility index (Phi) is 6.23. The van der Waals surface area contributed by atoms with E-state index in [1.54, 1.807) is 23.9 Å². The van der Waals surface area contributed by atoms with Crippen LogP contribution in [0.1, 0.15) is 32.9 Å². The van der Waals surface area contributed by atoms with Gasteiger partial charge in [0.25, 0.3) is 5.91 Å². The molecule has 5 heteroatoms. The highest BCUT2D eigenvalue weighted by molar-refractivity contribution is 7.98. The SMILES string of the molecule is Cc1ccc(NC(=O)c2ccc(-c3nc(CSc4ccc(C)cc4)c(C)o3)cc2)cc1. The number of benzene rings is 3. The molecular weight excluding hydrogens is 404 g/mol. The minimum absolute atomic E-state index is 0.144. The quantitative estimate of drug-likeness (QED) is 0.343. The third-order valence-electron chi connectivity index (χ3n) is 4.99. The van der Waals surface area contributed by atoms with Crippen molar-refractivity contribution in [3.05, 3.63) is 101 Å². The highest BCUT2D eigenvalue weighted by atomic mass is 32.2. The third kappa shape index (κ3) is 5.25. The second-order valence-corrected chi connectivity index (χ2v) is 8.57. The summed E-state index contributed by atoms with van der Waals surface area (Å²) >= 11 is 1.74. The number of carbonyl (C=O) groups excluding carboxylic acids is 1. The number of nitrogens with one attached hydrogen (secondary N) is 1. The van der Waals surface area contributed by atoms with Crippen LogP contribution in [-0.2, 0) is 5.75 Å². The summed E-state index contributed by atoms with van der Waals surface area (Å²) in [5, 5.41) is 2.91. The van der Waals surface area contributed by atoms with Gasteiger partial charge in [0.05, 0.1) is 5.69 Å². The molecule has 1 N–H and O–H groups in total. The van der Waals surface area contributed by atoms with Gasteiger partial charge < -0.3 is 9.73 Å². The number of aryl methyl sites for hydroxylation is 3. The fourth-order valence-electron chi connectivity index (χ4n) is 3.08. The van der Waals surface area contributed by atoms with Crippen LogP contribution in [0.2, 0.25) is 0 Å². The van der Waals surface area contributed by atoms with Crippen molar-refractivity contribution in [2.75, 3.05) is 5.32 Å². The van der Waals surface area contributed by atoms with E-state index in [1.807, 2.05) is 50.2 Å². The molecule has 3 aromatic carbocycles. The van der Waals surface area contributed by atoms with Gasteiger partial charge >= 0.3 is 0 Å². The molecule has 4 rings (SSSR count). The van der Waals surface area contributed by atoms with Crippen LogP contribution in [-0.4, -0.2) is 10.9 Å². The van der Waals surface area contributed by atoms with Gasteiger partial charge in [0.1, 0.15) is 5.76 Å². The fourth-order valence-corrected chi connectivity index (χ4v) is 3.98. The van der Waals surface area contributed by atoms with Crippen molar-refractivity contribution in [2.24, 2.45) is 0 Å². The van der Waals surface area contributed by atoms with Gasteiger partial charge in [-0.3, -0.25) is 4.79 Å². The van der Waals surface area contributed by atoms with Crippen LogP contribution in [0.15, 0.2) is 82.1 Å². The number of oxazole rings is 1. The molecule has 0 radical (unpaired) electrons. The van der Waals surface area contributed by atoms with Gasteiger partial charge in [-0.1, -0.05) is 35.4 Å². The number of rotatable bonds is 6. The van der Waals surface area contributed by atoms with Crippen molar-refractivity contribution in [1.82, 2.24) is 4.98 Å². The largest absolute Gasteiger partial charge is 0.441 e. The first-order valence-corrected chi connectivity index (χ1v) is 11.1. The van der Waals surface area contributed by atoms with Gasteiger partial charge in [0.2, 0.25) is 5.89 Å². The lowest BCUT2D eigenvalue weighted by molar-refractivity contribution is 0.102. The third-order valence-corrected chi connectivity index (χ3v) is 6.02. The van der Waals surface area contributed by atoms with Crippen LogP contribution >= 0.6 is 11.8 Å². The fraction of sp³-hybridized carbons (Fsp3) is 0.154. The molecule has 0 saturated carbocycles. The normalized spacial score (nSPS) is 10.8. The Morgan fingerprint density at radius 1 is 0.871 bits per heavy atom. The monoisotopic (exact) mass is 428 g/mol. The molecule has 0 aliphatic carbocycles. The van der Waals surface area contributed by atoms with E-state index < -0.39 is 0 Å². The molecule has 0 aliphatic heterocycles. The zero-order valence-corrected chi connectivity index (χ0v) is 18.6. The standard InChI is InChI=1S/C26H24N2O2S/c1-17-4-12-22(13-5-17)27-25(29)20-8-10-21(11-9-20)26-28-24(19(3)30-26)16-31-23-14-6-18(2)7-15-23/h4-15H,16H2,1-3H3,(H,27,29). The summed E-state index contributed by atoms with van der Waals surface area (Å²) in [6.07, 6.45) is 0. The van der Waals surface area contributed by atoms with Crippen molar-refractivity contribution in [3.63, 3.8) is 0 Å². The van der Waals surface area contributed by atoms with Crippen molar-refractivity contribution >= 4 is 23.4 Å². The molecular formula is C26H24N2O2S. The van der Waals surface area contributed by atoms with Gasteiger partial charge in [-0.05, 0) is 69.3 Å². The molecule has 1 amide bonds. The summed E-state index contributed by atoms with van der Waals surface area (Å²) < 4.78 is 5.89. The van der Waals surface area contributed by atoms with Gasteiger partial charge in [-0.2, -0.15) is 0 Å². The Morgan fingerprint density at radius 2 is 1.48 bits per heavy atom. The summed E-state index contributed by atoms with van der Waals surface area (Å²) in [6.45, 7) is 6.03. The van der Waals surface area contributed by atoms with Gasteiger partial charge in [0.15, 0.2) is 0 Å². The molecule has 0 atom stereocenters. The first-order chi connectivity index (χ1) is 15.0. The molecule has 0 spiro atoms. The van der Waals surface area contributed by atoms with E-state index in [0.29, 0.717) is 11.5 Å². The molecule has 0 aliphatic rings. The average Bonchev–Trinajstić information content (AvgIpc) is 3.15. The van der Waals surface area contributed by atoms with E-state index in [1.165, 1.54) is 10.5 Å². The highest BCUT2D eigenvalue weighted by Crippen LogP contribution is 2.28.